The van der Waals surface area contributed by atoms with Gasteiger partial charge in [0.15, 0.2) is 0 Å². The number of benzene rings is 1. The van der Waals surface area contributed by atoms with Crippen LogP contribution in [0.5, 0.6) is 0 Å². The Bertz CT molecular complexity index is 586. The molecule has 1 aromatic rings. The number of morpholine rings is 1. The molecular formula is C14H21ClN2O3S. The second-order valence-electron chi connectivity index (χ2n) is 5.21. The highest BCUT2D eigenvalue weighted by Gasteiger charge is 2.22. The second-order valence-corrected chi connectivity index (χ2v) is 7.35. The highest BCUT2D eigenvalue weighted by atomic mass is 35.5. The van der Waals surface area contributed by atoms with E-state index in [1.807, 2.05) is 6.92 Å². The number of rotatable bonds is 5. The van der Waals surface area contributed by atoms with Crippen LogP contribution in [0.15, 0.2) is 23.1 Å². The number of sulfonamides is 1. The summed E-state index contributed by atoms with van der Waals surface area (Å²) in [7, 11) is -3.54. The first kappa shape index (κ1) is 16.7. The Labute approximate surface area is 131 Å². The highest BCUT2D eigenvalue weighted by Crippen LogP contribution is 2.22. The van der Waals surface area contributed by atoms with E-state index in [4.69, 9.17) is 16.3 Å². The fraction of sp³-hybridized carbons (Fsp3) is 0.571. The summed E-state index contributed by atoms with van der Waals surface area (Å²) in [5.74, 6) is 0. The van der Waals surface area contributed by atoms with Gasteiger partial charge in [0.2, 0.25) is 10.0 Å². The highest BCUT2D eigenvalue weighted by molar-refractivity contribution is 7.89. The molecule has 1 aliphatic rings. The molecule has 0 aromatic heterocycles. The van der Waals surface area contributed by atoms with Gasteiger partial charge in [0.25, 0.3) is 0 Å². The summed E-state index contributed by atoms with van der Waals surface area (Å²) in [6.07, 6.45) is 0. The molecule has 1 unspecified atom stereocenters. The zero-order chi connectivity index (χ0) is 15.5. The smallest absolute Gasteiger partial charge is 0.240 e. The molecule has 1 atom stereocenters. The van der Waals surface area contributed by atoms with E-state index in [1.165, 1.54) is 0 Å². The van der Waals surface area contributed by atoms with Crippen molar-refractivity contribution < 1.29 is 13.2 Å². The van der Waals surface area contributed by atoms with Crippen LogP contribution in [-0.4, -0.2) is 52.2 Å². The monoisotopic (exact) mass is 332 g/mol. The van der Waals surface area contributed by atoms with Gasteiger partial charge in [-0.15, -0.1) is 0 Å². The standard InChI is InChI=1S/C14H21ClN2O3S/c1-11(17-6-8-20-9-7-17)10-16-21(18,19)14-5-3-4-13(15)12(14)2/h3-5,11,16H,6-10H2,1-2H3. The van der Waals surface area contributed by atoms with Crippen molar-refractivity contribution in [2.24, 2.45) is 0 Å². The van der Waals surface area contributed by atoms with Gasteiger partial charge >= 0.3 is 0 Å². The molecule has 1 saturated heterocycles. The molecule has 5 nitrogen and oxygen atoms in total. The molecule has 21 heavy (non-hydrogen) atoms. The fourth-order valence-electron chi connectivity index (χ4n) is 2.33. The lowest BCUT2D eigenvalue weighted by Gasteiger charge is -2.32. The van der Waals surface area contributed by atoms with Gasteiger partial charge in [-0.2, -0.15) is 0 Å². The molecule has 7 heteroatoms. The van der Waals surface area contributed by atoms with Crippen LogP contribution in [0, 0.1) is 6.92 Å². The van der Waals surface area contributed by atoms with Crippen molar-refractivity contribution in [2.75, 3.05) is 32.8 Å². The lowest BCUT2D eigenvalue weighted by molar-refractivity contribution is 0.0213. The Morgan fingerprint density at radius 2 is 2.05 bits per heavy atom. The van der Waals surface area contributed by atoms with Gasteiger partial charge in [0, 0.05) is 30.7 Å². The molecule has 1 aromatic carbocycles. The van der Waals surface area contributed by atoms with Crippen LogP contribution in [0.3, 0.4) is 0 Å². The van der Waals surface area contributed by atoms with Gasteiger partial charge in [-0.1, -0.05) is 17.7 Å². The first-order valence-electron chi connectivity index (χ1n) is 6.98. The van der Waals surface area contributed by atoms with Crippen molar-refractivity contribution in [1.29, 1.82) is 0 Å². The normalized spacial score (nSPS) is 18.6. The van der Waals surface area contributed by atoms with Crippen molar-refractivity contribution in [3.63, 3.8) is 0 Å². The minimum absolute atomic E-state index is 0.128. The zero-order valence-corrected chi connectivity index (χ0v) is 13.9. The van der Waals surface area contributed by atoms with E-state index in [-0.39, 0.29) is 10.9 Å². The lowest BCUT2D eigenvalue weighted by Crippen LogP contribution is -2.47. The summed E-state index contributed by atoms with van der Waals surface area (Å²) in [6, 6.07) is 5.04. The van der Waals surface area contributed by atoms with E-state index in [0.717, 1.165) is 13.1 Å². The molecule has 0 saturated carbocycles. The Kier molecular flexibility index (Phi) is 5.62. The van der Waals surface area contributed by atoms with Crippen molar-refractivity contribution >= 4 is 21.6 Å². The zero-order valence-electron chi connectivity index (χ0n) is 12.3. The molecular weight excluding hydrogens is 312 g/mol. The molecule has 0 aliphatic carbocycles. The second kappa shape index (κ2) is 7.07. The Hall–Kier alpha value is -0.660. The number of halogens is 1. The molecule has 0 bridgehead atoms. The van der Waals surface area contributed by atoms with E-state index in [9.17, 15) is 8.42 Å². The van der Waals surface area contributed by atoms with Crippen LogP contribution < -0.4 is 4.72 Å². The summed E-state index contributed by atoms with van der Waals surface area (Å²) in [4.78, 5) is 2.46. The fourth-order valence-corrected chi connectivity index (χ4v) is 3.95. The molecule has 0 spiro atoms. The van der Waals surface area contributed by atoms with E-state index < -0.39 is 10.0 Å². The van der Waals surface area contributed by atoms with Crippen LogP contribution in [0.25, 0.3) is 0 Å². The maximum atomic E-state index is 12.4. The maximum Gasteiger partial charge on any atom is 0.240 e. The van der Waals surface area contributed by atoms with Crippen molar-refractivity contribution in [3.05, 3.63) is 28.8 Å². The predicted octanol–water partition coefficient (Wildman–Crippen LogP) is 1.65. The molecule has 1 aliphatic heterocycles. The summed E-state index contributed by atoms with van der Waals surface area (Å²) in [5, 5.41) is 0.458. The molecule has 118 valence electrons. The summed E-state index contributed by atoms with van der Waals surface area (Å²) >= 11 is 5.99. The maximum absolute atomic E-state index is 12.4. The van der Waals surface area contributed by atoms with Gasteiger partial charge in [0.1, 0.15) is 0 Å². The topological polar surface area (TPSA) is 58.6 Å². The van der Waals surface area contributed by atoms with Crippen LogP contribution >= 0.6 is 11.6 Å². The van der Waals surface area contributed by atoms with Crippen molar-refractivity contribution in [3.8, 4) is 0 Å². The summed E-state index contributed by atoms with van der Waals surface area (Å²) in [6.45, 7) is 7.16. The lowest BCUT2D eigenvalue weighted by atomic mass is 10.2. The number of nitrogens with zero attached hydrogens (tertiary/aromatic N) is 1. The SMILES string of the molecule is Cc1c(Cl)cccc1S(=O)(=O)NCC(C)N1CCOCC1. The van der Waals surface area contributed by atoms with E-state index in [0.29, 0.717) is 30.3 Å². The molecule has 1 fully saturated rings. The van der Waals surface area contributed by atoms with Gasteiger partial charge in [-0.25, -0.2) is 13.1 Å². The minimum atomic E-state index is -3.54. The summed E-state index contributed by atoms with van der Waals surface area (Å²) < 4.78 is 32.7. The van der Waals surface area contributed by atoms with Crippen LogP contribution in [-0.2, 0) is 14.8 Å². The first-order valence-corrected chi connectivity index (χ1v) is 8.84. The summed E-state index contributed by atoms with van der Waals surface area (Å²) in [5.41, 5.74) is 0.575. The molecule has 1 heterocycles. The third-order valence-electron chi connectivity index (χ3n) is 3.75. The van der Waals surface area contributed by atoms with E-state index in [2.05, 4.69) is 9.62 Å². The van der Waals surface area contributed by atoms with E-state index in [1.54, 1.807) is 25.1 Å². The van der Waals surface area contributed by atoms with Crippen molar-refractivity contribution in [1.82, 2.24) is 9.62 Å². The van der Waals surface area contributed by atoms with E-state index >= 15 is 0 Å². The van der Waals surface area contributed by atoms with Gasteiger partial charge in [-0.3, -0.25) is 4.90 Å². The van der Waals surface area contributed by atoms with Crippen LogP contribution in [0.2, 0.25) is 5.02 Å². The third-order valence-corrected chi connectivity index (χ3v) is 5.72. The molecule has 0 amide bonds. The molecule has 2 rings (SSSR count). The predicted molar refractivity (Wildman–Crippen MR) is 83.2 cm³/mol. The van der Waals surface area contributed by atoms with Gasteiger partial charge in [0.05, 0.1) is 18.1 Å². The van der Waals surface area contributed by atoms with Crippen molar-refractivity contribution in [2.45, 2.75) is 24.8 Å². The average Bonchev–Trinajstić information content (AvgIpc) is 2.48. The Morgan fingerprint density at radius 1 is 1.38 bits per heavy atom. The van der Waals surface area contributed by atoms with Gasteiger partial charge in [-0.05, 0) is 31.5 Å². The number of ether oxygens (including phenoxy) is 1. The quantitative estimate of drug-likeness (QED) is 0.890. The van der Waals surface area contributed by atoms with Crippen LogP contribution in [0.1, 0.15) is 12.5 Å². The Balaban J connectivity index is 2.02. The average molecular weight is 333 g/mol. The third kappa shape index (κ3) is 4.17. The largest absolute Gasteiger partial charge is 0.379 e. The first-order chi connectivity index (χ1) is 9.92. The van der Waals surface area contributed by atoms with Crippen LogP contribution in [0.4, 0.5) is 0 Å². The molecule has 1 N–H and O–H groups in total. The van der Waals surface area contributed by atoms with Gasteiger partial charge < -0.3 is 4.74 Å². The molecule has 0 radical (unpaired) electrons. The number of nitrogens with one attached hydrogen (secondary N) is 1. The number of hydrogen-bond acceptors (Lipinski definition) is 4. The minimum Gasteiger partial charge on any atom is -0.379 e. The number of hydrogen-bond donors (Lipinski definition) is 1. The Morgan fingerprint density at radius 3 is 2.71 bits per heavy atom.